The van der Waals surface area contributed by atoms with Gasteiger partial charge in [-0.05, 0) is 25.0 Å². The molecule has 98 valence electrons. The summed E-state index contributed by atoms with van der Waals surface area (Å²) in [6, 6.07) is 0. The maximum atomic E-state index is 11.2. The maximum Gasteiger partial charge on any atom is 0.341 e. The van der Waals surface area contributed by atoms with E-state index in [1.807, 2.05) is 6.92 Å². The van der Waals surface area contributed by atoms with Gasteiger partial charge in [-0.25, -0.2) is 14.8 Å². The highest BCUT2D eigenvalue weighted by Gasteiger charge is 2.20. The Bertz CT molecular complexity index is 433. The predicted octanol–water partition coefficient (Wildman–Crippen LogP) is 2.28. The fraction of sp³-hybridized carbons (Fsp3) is 0.583. The summed E-state index contributed by atoms with van der Waals surface area (Å²) in [5, 5.41) is 9.86. The summed E-state index contributed by atoms with van der Waals surface area (Å²) in [5.41, 5.74) is 0.206. The highest BCUT2D eigenvalue weighted by atomic mass is 32.2. The highest BCUT2D eigenvalue weighted by molar-refractivity contribution is 7.99. The first kappa shape index (κ1) is 13.1. The van der Waals surface area contributed by atoms with Crippen molar-refractivity contribution in [2.45, 2.75) is 31.3 Å². The normalized spacial score (nSPS) is 15.7. The molecule has 1 aliphatic heterocycles. The predicted molar refractivity (Wildman–Crippen MR) is 71.5 cm³/mol. The lowest BCUT2D eigenvalue weighted by molar-refractivity contribution is 0.0696. The van der Waals surface area contributed by atoms with Gasteiger partial charge in [0.25, 0.3) is 0 Å². The molecule has 2 heterocycles. The second-order valence-electron chi connectivity index (χ2n) is 4.18. The SMILES string of the molecule is CCSc1ncc(C(=O)O)c(N2CCCCC2)n1. The van der Waals surface area contributed by atoms with E-state index in [4.69, 9.17) is 0 Å². The number of thioether (sulfide) groups is 1. The van der Waals surface area contributed by atoms with Crippen molar-refractivity contribution in [3.63, 3.8) is 0 Å². The molecule has 0 aliphatic carbocycles. The molecule has 1 aliphatic rings. The van der Waals surface area contributed by atoms with Crippen LogP contribution in [0.25, 0.3) is 0 Å². The fourth-order valence-corrected chi connectivity index (χ4v) is 2.59. The average molecular weight is 267 g/mol. The standard InChI is InChI=1S/C12H17N3O2S/c1-2-18-12-13-8-9(11(16)17)10(14-12)15-6-4-3-5-7-15/h8H,2-7H2,1H3,(H,16,17). The molecule has 2 rings (SSSR count). The van der Waals surface area contributed by atoms with E-state index in [0.29, 0.717) is 11.0 Å². The summed E-state index contributed by atoms with van der Waals surface area (Å²) in [6.45, 7) is 3.79. The largest absolute Gasteiger partial charge is 0.477 e. The summed E-state index contributed by atoms with van der Waals surface area (Å²) in [4.78, 5) is 21.8. The van der Waals surface area contributed by atoms with Crippen molar-refractivity contribution in [1.29, 1.82) is 0 Å². The first-order valence-corrected chi connectivity index (χ1v) is 7.19. The Balaban J connectivity index is 2.33. The van der Waals surface area contributed by atoms with Crippen LogP contribution in [0.15, 0.2) is 11.4 Å². The van der Waals surface area contributed by atoms with Gasteiger partial charge in [0.05, 0.1) is 0 Å². The molecule has 1 fully saturated rings. The quantitative estimate of drug-likeness (QED) is 0.667. The molecule has 0 bridgehead atoms. The number of piperidine rings is 1. The lowest BCUT2D eigenvalue weighted by atomic mass is 10.1. The van der Waals surface area contributed by atoms with Crippen molar-refractivity contribution in [2.75, 3.05) is 23.7 Å². The fourth-order valence-electron chi connectivity index (χ4n) is 2.05. The summed E-state index contributed by atoms with van der Waals surface area (Å²) >= 11 is 1.53. The molecule has 5 nitrogen and oxygen atoms in total. The van der Waals surface area contributed by atoms with Crippen LogP contribution in [0.4, 0.5) is 5.82 Å². The number of hydrogen-bond acceptors (Lipinski definition) is 5. The number of nitrogens with zero attached hydrogens (tertiary/aromatic N) is 3. The lowest BCUT2D eigenvalue weighted by Gasteiger charge is -2.28. The molecule has 0 amide bonds. The van der Waals surface area contributed by atoms with Gasteiger partial charge in [0.15, 0.2) is 5.16 Å². The molecular weight excluding hydrogens is 250 g/mol. The van der Waals surface area contributed by atoms with Gasteiger partial charge >= 0.3 is 5.97 Å². The molecule has 1 N–H and O–H groups in total. The van der Waals surface area contributed by atoms with Gasteiger partial charge in [0, 0.05) is 19.3 Å². The smallest absolute Gasteiger partial charge is 0.341 e. The summed E-state index contributed by atoms with van der Waals surface area (Å²) in [7, 11) is 0. The molecule has 1 aromatic heterocycles. The van der Waals surface area contributed by atoms with Crippen LogP contribution in [-0.2, 0) is 0 Å². The van der Waals surface area contributed by atoms with Crippen LogP contribution in [0.3, 0.4) is 0 Å². The third-order valence-electron chi connectivity index (χ3n) is 2.91. The Kier molecular flexibility index (Phi) is 4.41. The molecule has 0 atom stereocenters. The van der Waals surface area contributed by atoms with Crippen molar-refractivity contribution >= 4 is 23.5 Å². The van der Waals surface area contributed by atoms with Gasteiger partial charge in [0.2, 0.25) is 0 Å². The number of carbonyl (C=O) groups is 1. The van der Waals surface area contributed by atoms with E-state index < -0.39 is 5.97 Å². The highest BCUT2D eigenvalue weighted by Crippen LogP contribution is 2.24. The van der Waals surface area contributed by atoms with Gasteiger partial charge < -0.3 is 10.0 Å². The van der Waals surface area contributed by atoms with Crippen molar-refractivity contribution in [1.82, 2.24) is 9.97 Å². The molecular formula is C12H17N3O2S. The Morgan fingerprint density at radius 1 is 1.44 bits per heavy atom. The molecule has 18 heavy (non-hydrogen) atoms. The van der Waals surface area contributed by atoms with Gasteiger partial charge in [-0.2, -0.15) is 0 Å². The number of carboxylic acid groups (broad SMARTS) is 1. The van der Waals surface area contributed by atoms with Crippen LogP contribution in [0.1, 0.15) is 36.5 Å². The Hall–Kier alpha value is -1.30. The van der Waals surface area contributed by atoms with Gasteiger partial charge in [0.1, 0.15) is 11.4 Å². The summed E-state index contributed by atoms with van der Waals surface area (Å²) in [6.07, 6.45) is 4.83. The second-order valence-corrected chi connectivity index (χ2v) is 5.41. The Morgan fingerprint density at radius 2 is 2.17 bits per heavy atom. The molecule has 0 spiro atoms. The number of rotatable bonds is 4. The summed E-state index contributed by atoms with van der Waals surface area (Å²) < 4.78 is 0. The minimum Gasteiger partial charge on any atom is -0.477 e. The topological polar surface area (TPSA) is 66.3 Å². The van der Waals surface area contributed by atoms with Crippen LogP contribution in [0.5, 0.6) is 0 Å². The lowest BCUT2D eigenvalue weighted by Crippen LogP contribution is -2.32. The molecule has 0 aromatic carbocycles. The molecule has 0 radical (unpaired) electrons. The minimum atomic E-state index is -0.955. The van der Waals surface area contributed by atoms with Gasteiger partial charge in [-0.1, -0.05) is 18.7 Å². The van der Waals surface area contributed by atoms with E-state index in [-0.39, 0.29) is 5.56 Å². The zero-order valence-electron chi connectivity index (χ0n) is 10.4. The first-order valence-electron chi connectivity index (χ1n) is 6.20. The van der Waals surface area contributed by atoms with Gasteiger partial charge in [-0.3, -0.25) is 0 Å². The van der Waals surface area contributed by atoms with Crippen LogP contribution in [0, 0.1) is 0 Å². The summed E-state index contributed by atoms with van der Waals surface area (Å²) in [5.74, 6) is 0.503. The number of carboxylic acids is 1. The zero-order valence-corrected chi connectivity index (χ0v) is 11.2. The van der Waals surface area contributed by atoms with Crippen LogP contribution in [-0.4, -0.2) is 39.9 Å². The molecule has 0 unspecified atom stereocenters. The molecule has 1 aromatic rings. The third-order valence-corrected chi connectivity index (χ3v) is 3.65. The van der Waals surface area contributed by atoms with Crippen molar-refractivity contribution < 1.29 is 9.90 Å². The maximum absolute atomic E-state index is 11.2. The second kappa shape index (κ2) is 6.04. The number of aromatic carboxylic acids is 1. The van der Waals surface area contributed by atoms with E-state index in [0.717, 1.165) is 31.7 Å². The number of aromatic nitrogens is 2. The number of hydrogen-bond donors (Lipinski definition) is 1. The minimum absolute atomic E-state index is 0.206. The Morgan fingerprint density at radius 3 is 2.78 bits per heavy atom. The van der Waals surface area contributed by atoms with E-state index in [1.165, 1.54) is 24.4 Å². The first-order chi connectivity index (χ1) is 8.72. The van der Waals surface area contributed by atoms with E-state index in [1.54, 1.807) is 0 Å². The molecule has 0 saturated carbocycles. The van der Waals surface area contributed by atoms with Crippen molar-refractivity contribution in [3.05, 3.63) is 11.8 Å². The zero-order chi connectivity index (χ0) is 13.0. The van der Waals surface area contributed by atoms with Crippen LogP contribution < -0.4 is 4.90 Å². The average Bonchev–Trinajstić information content (AvgIpc) is 2.40. The molecule has 1 saturated heterocycles. The van der Waals surface area contributed by atoms with Crippen molar-refractivity contribution in [2.24, 2.45) is 0 Å². The van der Waals surface area contributed by atoms with Crippen LogP contribution in [0.2, 0.25) is 0 Å². The molecule has 6 heteroatoms. The van der Waals surface area contributed by atoms with Crippen molar-refractivity contribution in [3.8, 4) is 0 Å². The third kappa shape index (κ3) is 2.93. The van der Waals surface area contributed by atoms with E-state index in [9.17, 15) is 9.90 Å². The number of anilines is 1. The Labute approximate surface area is 111 Å². The van der Waals surface area contributed by atoms with E-state index >= 15 is 0 Å². The van der Waals surface area contributed by atoms with E-state index in [2.05, 4.69) is 14.9 Å². The van der Waals surface area contributed by atoms with Gasteiger partial charge in [-0.15, -0.1) is 0 Å². The van der Waals surface area contributed by atoms with Crippen LogP contribution >= 0.6 is 11.8 Å². The monoisotopic (exact) mass is 267 g/mol.